The SMILES string of the molecule is Cc1cc(C)n(-c2cc(Nc3c(Cl)c(-c4ccccc4)nn3C)ncn2)n1. The van der Waals surface area contributed by atoms with Crippen LogP contribution in [0.4, 0.5) is 11.6 Å². The molecule has 0 bridgehead atoms. The minimum Gasteiger partial charge on any atom is -0.324 e. The second-order valence-electron chi connectivity index (χ2n) is 6.23. The molecule has 1 aromatic carbocycles. The second-order valence-corrected chi connectivity index (χ2v) is 6.60. The van der Waals surface area contributed by atoms with Gasteiger partial charge in [-0.25, -0.2) is 14.6 Å². The van der Waals surface area contributed by atoms with E-state index in [0.29, 0.717) is 22.5 Å². The van der Waals surface area contributed by atoms with Crippen molar-refractivity contribution >= 4 is 23.2 Å². The van der Waals surface area contributed by atoms with Crippen LogP contribution in [0.15, 0.2) is 48.8 Å². The molecule has 4 aromatic rings. The molecule has 0 atom stereocenters. The van der Waals surface area contributed by atoms with E-state index in [0.717, 1.165) is 22.6 Å². The first-order valence-electron chi connectivity index (χ1n) is 8.43. The third-order valence-electron chi connectivity index (χ3n) is 4.16. The van der Waals surface area contributed by atoms with Crippen LogP contribution >= 0.6 is 11.6 Å². The molecule has 0 aliphatic heterocycles. The van der Waals surface area contributed by atoms with Gasteiger partial charge < -0.3 is 5.32 Å². The molecule has 0 radical (unpaired) electrons. The van der Waals surface area contributed by atoms with Crippen LogP contribution in [-0.4, -0.2) is 29.5 Å². The highest BCUT2D eigenvalue weighted by Crippen LogP contribution is 2.34. The molecule has 3 heterocycles. The van der Waals surface area contributed by atoms with E-state index in [-0.39, 0.29) is 0 Å². The van der Waals surface area contributed by atoms with Crippen LogP contribution in [0, 0.1) is 13.8 Å². The maximum Gasteiger partial charge on any atom is 0.159 e. The van der Waals surface area contributed by atoms with Gasteiger partial charge in [0.25, 0.3) is 0 Å². The van der Waals surface area contributed by atoms with Gasteiger partial charge in [-0.1, -0.05) is 41.9 Å². The van der Waals surface area contributed by atoms with Gasteiger partial charge in [-0.3, -0.25) is 4.68 Å². The lowest BCUT2D eigenvalue weighted by molar-refractivity contribution is 0.778. The maximum absolute atomic E-state index is 6.59. The molecular formula is C19H18ClN7. The lowest BCUT2D eigenvalue weighted by Gasteiger charge is -2.08. The molecule has 0 spiro atoms. The van der Waals surface area contributed by atoms with Crippen molar-refractivity contribution in [2.45, 2.75) is 13.8 Å². The van der Waals surface area contributed by atoms with Crippen LogP contribution < -0.4 is 5.32 Å². The fourth-order valence-corrected chi connectivity index (χ4v) is 3.24. The molecule has 0 saturated heterocycles. The molecule has 0 aliphatic rings. The van der Waals surface area contributed by atoms with E-state index in [1.807, 2.05) is 63.4 Å². The highest BCUT2D eigenvalue weighted by molar-refractivity contribution is 6.35. The number of aromatic nitrogens is 6. The van der Waals surface area contributed by atoms with Crippen molar-refractivity contribution in [1.29, 1.82) is 0 Å². The minimum atomic E-state index is 0.537. The van der Waals surface area contributed by atoms with Crippen LogP contribution in [0.1, 0.15) is 11.4 Å². The van der Waals surface area contributed by atoms with E-state index in [9.17, 15) is 0 Å². The van der Waals surface area contributed by atoms with Crippen molar-refractivity contribution in [2.24, 2.45) is 7.05 Å². The van der Waals surface area contributed by atoms with E-state index >= 15 is 0 Å². The normalized spacial score (nSPS) is 11.0. The smallest absolute Gasteiger partial charge is 0.159 e. The third kappa shape index (κ3) is 3.29. The Kier molecular flexibility index (Phi) is 4.37. The number of rotatable bonds is 4. The number of hydrogen-bond acceptors (Lipinski definition) is 5. The van der Waals surface area contributed by atoms with Crippen LogP contribution in [0.2, 0.25) is 5.02 Å². The van der Waals surface area contributed by atoms with Gasteiger partial charge in [-0.05, 0) is 19.9 Å². The average molecular weight is 380 g/mol. The standard InChI is InChI=1S/C19H18ClN7/c1-12-9-13(2)27(24-12)16-10-15(21-11-22-16)23-19-17(20)18(25-26(19)3)14-7-5-4-6-8-14/h4-11H,1-3H3,(H,21,22,23). The summed E-state index contributed by atoms with van der Waals surface area (Å²) in [6.07, 6.45) is 1.50. The fourth-order valence-electron chi connectivity index (χ4n) is 2.93. The Hall–Kier alpha value is -3.19. The van der Waals surface area contributed by atoms with E-state index < -0.39 is 0 Å². The van der Waals surface area contributed by atoms with Crippen molar-refractivity contribution in [2.75, 3.05) is 5.32 Å². The Morgan fingerprint density at radius 3 is 2.48 bits per heavy atom. The Labute approximate surface area is 161 Å². The zero-order valence-electron chi connectivity index (χ0n) is 15.2. The molecular weight excluding hydrogens is 362 g/mol. The summed E-state index contributed by atoms with van der Waals surface area (Å²) in [6.45, 7) is 3.93. The monoisotopic (exact) mass is 379 g/mol. The van der Waals surface area contributed by atoms with E-state index in [2.05, 4.69) is 25.5 Å². The molecule has 27 heavy (non-hydrogen) atoms. The molecule has 3 aromatic heterocycles. The molecule has 0 saturated carbocycles. The molecule has 0 unspecified atom stereocenters. The van der Waals surface area contributed by atoms with Gasteiger partial charge in [-0.2, -0.15) is 10.2 Å². The largest absolute Gasteiger partial charge is 0.324 e. The first kappa shape index (κ1) is 17.2. The Balaban J connectivity index is 1.68. The molecule has 0 amide bonds. The number of halogens is 1. The third-order valence-corrected chi connectivity index (χ3v) is 4.52. The number of hydrogen-bond donors (Lipinski definition) is 1. The Morgan fingerprint density at radius 2 is 1.78 bits per heavy atom. The van der Waals surface area contributed by atoms with E-state index in [1.54, 1.807) is 9.36 Å². The van der Waals surface area contributed by atoms with Crippen molar-refractivity contribution in [3.05, 3.63) is 65.2 Å². The summed E-state index contributed by atoms with van der Waals surface area (Å²) in [4.78, 5) is 8.61. The topological polar surface area (TPSA) is 73.5 Å². The second kappa shape index (κ2) is 6.85. The lowest BCUT2D eigenvalue weighted by atomic mass is 10.1. The molecule has 1 N–H and O–H groups in total. The zero-order valence-corrected chi connectivity index (χ0v) is 15.9. The van der Waals surface area contributed by atoms with Gasteiger partial charge >= 0.3 is 0 Å². The van der Waals surface area contributed by atoms with Gasteiger partial charge in [0.1, 0.15) is 28.7 Å². The van der Waals surface area contributed by atoms with Gasteiger partial charge in [-0.15, -0.1) is 0 Å². The summed E-state index contributed by atoms with van der Waals surface area (Å²) in [5.74, 6) is 1.95. The lowest BCUT2D eigenvalue weighted by Crippen LogP contribution is -2.05. The molecule has 136 valence electrons. The first-order chi connectivity index (χ1) is 13.0. The predicted molar refractivity (Wildman–Crippen MR) is 106 cm³/mol. The Morgan fingerprint density at radius 1 is 1.00 bits per heavy atom. The van der Waals surface area contributed by atoms with Crippen LogP contribution in [0.5, 0.6) is 0 Å². The predicted octanol–water partition coefficient (Wildman–Crippen LogP) is 4.08. The summed E-state index contributed by atoms with van der Waals surface area (Å²) in [5, 5.41) is 12.8. The number of benzene rings is 1. The van der Waals surface area contributed by atoms with Gasteiger partial charge in [0.05, 0.1) is 5.69 Å². The minimum absolute atomic E-state index is 0.537. The average Bonchev–Trinajstić information content (AvgIpc) is 3.15. The van der Waals surface area contributed by atoms with Crippen LogP contribution in [-0.2, 0) is 7.05 Å². The summed E-state index contributed by atoms with van der Waals surface area (Å²) >= 11 is 6.59. The first-order valence-corrected chi connectivity index (χ1v) is 8.81. The molecule has 8 heteroatoms. The molecule has 7 nitrogen and oxygen atoms in total. The molecule has 4 rings (SSSR count). The summed E-state index contributed by atoms with van der Waals surface area (Å²) < 4.78 is 3.48. The van der Waals surface area contributed by atoms with Crippen LogP contribution in [0.3, 0.4) is 0 Å². The van der Waals surface area contributed by atoms with Crippen molar-refractivity contribution < 1.29 is 0 Å². The fraction of sp³-hybridized carbons (Fsp3) is 0.158. The quantitative estimate of drug-likeness (QED) is 0.578. The Bertz CT molecular complexity index is 1100. The van der Waals surface area contributed by atoms with Crippen molar-refractivity contribution in [3.8, 4) is 17.1 Å². The number of nitrogens with zero attached hydrogens (tertiary/aromatic N) is 6. The van der Waals surface area contributed by atoms with Crippen LogP contribution in [0.25, 0.3) is 17.1 Å². The zero-order chi connectivity index (χ0) is 19.0. The number of aryl methyl sites for hydroxylation is 3. The van der Waals surface area contributed by atoms with Gasteiger partial charge in [0.2, 0.25) is 0 Å². The van der Waals surface area contributed by atoms with Crippen molar-refractivity contribution in [3.63, 3.8) is 0 Å². The van der Waals surface area contributed by atoms with Gasteiger partial charge in [0, 0.05) is 24.4 Å². The molecule has 0 aliphatic carbocycles. The van der Waals surface area contributed by atoms with Gasteiger partial charge in [0.15, 0.2) is 5.82 Å². The van der Waals surface area contributed by atoms with Crippen molar-refractivity contribution in [1.82, 2.24) is 29.5 Å². The van der Waals surface area contributed by atoms with E-state index in [1.165, 1.54) is 6.33 Å². The number of anilines is 2. The highest BCUT2D eigenvalue weighted by atomic mass is 35.5. The van der Waals surface area contributed by atoms with E-state index in [4.69, 9.17) is 11.6 Å². The number of nitrogens with one attached hydrogen (secondary N) is 1. The summed E-state index contributed by atoms with van der Waals surface area (Å²) in [5.41, 5.74) is 3.61. The molecule has 0 fully saturated rings. The summed E-state index contributed by atoms with van der Waals surface area (Å²) in [7, 11) is 1.84. The summed E-state index contributed by atoms with van der Waals surface area (Å²) in [6, 6.07) is 13.6. The highest BCUT2D eigenvalue weighted by Gasteiger charge is 2.17. The maximum atomic E-state index is 6.59.